The molecule has 0 radical (unpaired) electrons. The molecule has 1 amide bonds. The Balaban J connectivity index is 1.68. The van der Waals surface area contributed by atoms with E-state index in [1.165, 1.54) is 6.07 Å². The molecule has 1 heterocycles. The Labute approximate surface area is 168 Å². The zero-order chi connectivity index (χ0) is 21.0. The number of ether oxygens (including phenoxy) is 3. The Morgan fingerprint density at radius 1 is 1.00 bits per heavy atom. The number of nitrogens with one attached hydrogen (secondary N) is 1. The van der Waals surface area contributed by atoms with Crippen LogP contribution in [0.3, 0.4) is 0 Å². The molecule has 3 rings (SSSR count). The molecular formula is C22H23NO6. The lowest BCUT2D eigenvalue weighted by Gasteiger charge is -2.12. The van der Waals surface area contributed by atoms with Crippen molar-refractivity contribution in [3.8, 4) is 17.2 Å². The highest BCUT2D eigenvalue weighted by Crippen LogP contribution is 2.29. The molecule has 0 saturated heterocycles. The average molecular weight is 397 g/mol. The quantitative estimate of drug-likeness (QED) is 0.617. The third-order valence-electron chi connectivity index (χ3n) is 4.45. The summed E-state index contributed by atoms with van der Waals surface area (Å²) in [5.41, 5.74) is 2.49. The molecule has 2 aromatic carbocycles. The number of benzene rings is 2. The first-order valence-electron chi connectivity index (χ1n) is 9.06. The maximum atomic E-state index is 12.3. The fourth-order valence-electron chi connectivity index (χ4n) is 3.08. The monoisotopic (exact) mass is 397 g/mol. The standard InChI is InChI=1S/C22H23NO6/c1-13-7-18(22-14(2)9-21(25)29-19(22)8-13)28-12-20(24)23-11-15-5-6-16(26-3)17(10-15)27-4/h5-10H,11-12H2,1-4H3,(H,23,24). The Bertz CT molecular complexity index is 1100. The number of amides is 1. The third kappa shape index (κ3) is 4.68. The van der Waals surface area contributed by atoms with Crippen LogP contribution in [-0.4, -0.2) is 26.7 Å². The number of methoxy groups -OCH3 is 2. The van der Waals surface area contributed by atoms with Gasteiger partial charge in [0.15, 0.2) is 18.1 Å². The van der Waals surface area contributed by atoms with Gasteiger partial charge in [-0.15, -0.1) is 0 Å². The minimum atomic E-state index is -0.417. The number of rotatable bonds is 7. The van der Waals surface area contributed by atoms with E-state index in [0.717, 1.165) is 16.7 Å². The van der Waals surface area contributed by atoms with Crippen LogP contribution in [0.2, 0.25) is 0 Å². The highest BCUT2D eigenvalue weighted by molar-refractivity contribution is 5.88. The summed E-state index contributed by atoms with van der Waals surface area (Å²) >= 11 is 0. The van der Waals surface area contributed by atoms with Crippen LogP contribution < -0.4 is 25.2 Å². The molecule has 0 atom stereocenters. The van der Waals surface area contributed by atoms with Gasteiger partial charge in [0.1, 0.15) is 11.3 Å². The normalized spacial score (nSPS) is 10.6. The maximum absolute atomic E-state index is 12.3. The predicted octanol–water partition coefficient (Wildman–Crippen LogP) is 3.12. The van der Waals surface area contributed by atoms with Crippen LogP contribution in [0.25, 0.3) is 11.0 Å². The highest BCUT2D eigenvalue weighted by Gasteiger charge is 2.12. The van der Waals surface area contributed by atoms with Crippen molar-refractivity contribution >= 4 is 16.9 Å². The van der Waals surface area contributed by atoms with Crippen molar-refractivity contribution in [2.24, 2.45) is 0 Å². The Morgan fingerprint density at radius 3 is 2.48 bits per heavy atom. The van der Waals surface area contributed by atoms with Crippen molar-refractivity contribution in [2.75, 3.05) is 20.8 Å². The van der Waals surface area contributed by atoms with E-state index in [0.29, 0.717) is 34.8 Å². The van der Waals surface area contributed by atoms with E-state index in [2.05, 4.69) is 5.32 Å². The molecule has 0 aliphatic rings. The lowest BCUT2D eigenvalue weighted by molar-refractivity contribution is -0.123. The smallest absolute Gasteiger partial charge is 0.336 e. The molecule has 0 aliphatic heterocycles. The van der Waals surface area contributed by atoms with Gasteiger partial charge in [0.05, 0.1) is 19.6 Å². The first-order valence-corrected chi connectivity index (χ1v) is 9.06. The molecule has 0 bridgehead atoms. The summed E-state index contributed by atoms with van der Waals surface area (Å²) in [6.07, 6.45) is 0. The summed E-state index contributed by atoms with van der Waals surface area (Å²) < 4.78 is 21.5. The molecule has 1 N–H and O–H groups in total. The van der Waals surface area contributed by atoms with Crippen molar-refractivity contribution < 1.29 is 23.4 Å². The van der Waals surface area contributed by atoms with Crippen LogP contribution in [-0.2, 0) is 11.3 Å². The van der Waals surface area contributed by atoms with Gasteiger partial charge in [-0.1, -0.05) is 6.07 Å². The predicted molar refractivity (Wildman–Crippen MR) is 109 cm³/mol. The van der Waals surface area contributed by atoms with Crippen molar-refractivity contribution in [1.82, 2.24) is 5.32 Å². The van der Waals surface area contributed by atoms with Gasteiger partial charge >= 0.3 is 5.63 Å². The second-order valence-electron chi connectivity index (χ2n) is 6.64. The van der Waals surface area contributed by atoms with Crippen LogP contribution in [0.1, 0.15) is 16.7 Å². The van der Waals surface area contributed by atoms with E-state index in [-0.39, 0.29) is 12.5 Å². The van der Waals surface area contributed by atoms with Crippen LogP contribution in [0.5, 0.6) is 17.2 Å². The van der Waals surface area contributed by atoms with E-state index in [4.69, 9.17) is 18.6 Å². The fraction of sp³-hybridized carbons (Fsp3) is 0.273. The highest BCUT2D eigenvalue weighted by atomic mass is 16.5. The number of aryl methyl sites for hydroxylation is 2. The first kappa shape index (κ1) is 20.3. The van der Waals surface area contributed by atoms with Gasteiger partial charge in [0.2, 0.25) is 0 Å². The Kier molecular flexibility index (Phi) is 6.07. The van der Waals surface area contributed by atoms with Crippen LogP contribution in [0, 0.1) is 13.8 Å². The minimum Gasteiger partial charge on any atom is -0.493 e. The molecule has 1 aromatic heterocycles. The van der Waals surface area contributed by atoms with E-state index >= 15 is 0 Å². The van der Waals surface area contributed by atoms with Gasteiger partial charge in [-0.3, -0.25) is 4.79 Å². The summed E-state index contributed by atoms with van der Waals surface area (Å²) in [5.74, 6) is 1.45. The SMILES string of the molecule is COc1ccc(CNC(=O)COc2cc(C)cc3oc(=O)cc(C)c23)cc1OC. The average Bonchev–Trinajstić information content (AvgIpc) is 2.69. The maximum Gasteiger partial charge on any atom is 0.336 e. The van der Waals surface area contributed by atoms with Crippen molar-refractivity contribution in [1.29, 1.82) is 0 Å². The molecule has 0 spiro atoms. The minimum absolute atomic E-state index is 0.162. The zero-order valence-corrected chi connectivity index (χ0v) is 16.8. The van der Waals surface area contributed by atoms with Gasteiger partial charge in [-0.25, -0.2) is 4.79 Å². The van der Waals surface area contributed by atoms with E-state index in [1.807, 2.05) is 19.1 Å². The number of fused-ring (bicyclic) bond motifs is 1. The van der Waals surface area contributed by atoms with Crippen molar-refractivity contribution in [2.45, 2.75) is 20.4 Å². The molecule has 7 nitrogen and oxygen atoms in total. The van der Waals surface area contributed by atoms with Crippen molar-refractivity contribution in [3.63, 3.8) is 0 Å². The molecule has 0 unspecified atom stereocenters. The zero-order valence-electron chi connectivity index (χ0n) is 16.8. The lowest BCUT2D eigenvalue weighted by atomic mass is 10.1. The number of hydrogen-bond donors (Lipinski definition) is 1. The number of carbonyl (C=O) groups excluding carboxylic acids is 1. The Hall–Kier alpha value is -3.48. The Morgan fingerprint density at radius 2 is 1.76 bits per heavy atom. The van der Waals surface area contributed by atoms with Gasteiger partial charge in [-0.2, -0.15) is 0 Å². The summed E-state index contributed by atoms with van der Waals surface area (Å²) in [4.78, 5) is 23.9. The van der Waals surface area contributed by atoms with E-state index in [1.54, 1.807) is 39.3 Å². The lowest BCUT2D eigenvalue weighted by Crippen LogP contribution is -2.28. The molecule has 152 valence electrons. The summed E-state index contributed by atoms with van der Waals surface area (Å²) in [6.45, 7) is 3.83. The van der Waals surface area contributed by atoms with Crippen LogP contribution in [0.15, 0.2) is 45.6 Å². The van der Waals surface area contributed by atoms with Gasteiger partial charge < -0.3 is 23.9 Å². The molecule has 7 heteroatoms. The van der Waals surface area contributed by atoms with E-state index in [9.17, 15) is 9.59 Å². The van der Waals surface area contributed by atoms with Crippen LogP contribution >= 0.6 is 0 Å². The summed E-state index contributed by atoms with van der Waals surface area (Å²) in [5, 5.41) is 3.49. The number of hydrogen-bond acceptors (Lipinski definition) is 6. The van der Waals surface area contributed by atoms with Gasteiger partial charge in [-0.05, 0) is 54.8 Å². The summed E-state index contributed by atoms with van der Waals surface area (Å²) in [7, 11) is 3.13. The largest absolute Gasteiger partial charge is 0.493 e. The molecule has 3 aromatic rings. The van der Waals surface area contributed by atoms with E-state index < -0.39 is 5.63 Å². The molecule has 0 aliphatic carbocycles. The third-order valence-corrected chi connectivity index (χ3v) is 4.45. The van der Waals surface area contributed by atoms with Crippen molar-refractivity contribution in [3.05, 3.63) is 63.5 Å². The van der Waals surface area contributed by atoms with Gasteiger partial charge in [0.25, 0.3) is 5.91 Å². The fourth-order valence-corrected chi connectivity index (χ4v) is 3.08. The molecule has 0 fully saturated rings. The molecule has 29 heavy (non-hydrogen) atoms. The number of carbonyl (C=O) groups is 1. The summed E-state index contributed by atoms with van der Waals surface area (Å²) in [6, 6.07) is 10.4. The van der Waals surface area contributed by atoms with Gasteiger partial charge in [0, 0.05) is 12.6 Å². The molecule has 0 saturated carbocycles. The molecular weight excluding hydrogens is 374 g/mol. The second kappa shape index (κ2) is 8.68. The second-order valence-corrected chi connectivity index (χ2v) is 6.64. The van der Waals surface area contributed by atoms with Crippen LogP contribution in [0.4, 0.5) is 0 Å². The first-order chi connectivity index (χ1) is 13.9. The topological polar surface area (TPSA) is 87.0 Å².